The van der Waals surface area contributed by atoms with Gasteiger partial charge in [-0.15, -0.1) is 0 Å². The number of carbonyl (C=O) groups is 3. The summed E-state index contributed by atoms with van der Waals surface area (Å²) in [6, 6.07) is 7.45. The minimum Gasteiger partial charge on any atom is -0.491 e. The lowest BCUT2D eigenvalue weighted by Crippen LogP contribution is -2.39. The van der Waals surface area contributed by atoms with Gasteiger partial charge in [-0.25, -0.2) is 14.4 Å². The average Bonchev–Trinajstić information content (AvgIpc) is 3.14. The number of rotatable bonds is 14. The van der Waals surface area contributed by atoms with Crippen LogP contribution >= 0.6 is 0 Å². The maximum Gasteiger partial charge on any atom is 0.414 e. The molecule has 1 fully saturated rings. The summed E-state index contributed by atoms with van der Waals surface area (Å²) >= 11 is 0. The monoisotopic (exact) mass is 526 g/mol. The van der Waals surface area contributed by atoms with Crippen molar-refractivity contribution in [3.8, 4) is 5.75 Å². The highest BCUT2D eigenvalue weighted by Crippen LogP contribution is 2.24. The summed E-state index contributed by atoms with van der Waals surface area (Å²) in [6.45, 7) is 9.50. The van der Waals surface area contributed by atoms with E-state index in [0.29, 0.717) is 51.0 Å². The van der Waals surface area contributed by atoms with Gasteiger partial charge >= 0.3 is 18.0 Å². The third-order valence-electron chi connectivity index (χ3n) is 5.38. The smallest absolute Gasteiger partial charge is 0.414 e. The topological polar surface area (TPSA) is 144 Å². The van der Waals surface area contributed by atoms with E-state index in [2.05, 4.69) is 17.1 Å². The zero-order valence-corrected chi connectivity index (χ0v) is 22.0. The molecule has 1 saturated heterocycles. The number of para-hydroxylation sites is 2. The fourth-order valence-electron chi connectivity index (χ4n) is 3.52. The molecule has 1 heterocycles. The van der Waals surface area contributed by atoms with Crippen LogP contribution in [0, 0.1) is 0 Å². The SMILES string of the molecule is CCCCOc1ccccc1NC(=O)OC(COCCOCC)CN1CCCCCC1.O=C(O)C(=O)O. The van der Waals surface area contributed by atoms with Crippen molar-refractivity contribution in [1.29, 1.82) is 0 Å². The van der Waals surface area contributed by atoms with Crippen LogP contribution in [0.3, 0.4) is 0 Å². The van der Waals surface area contributed by atoms with Crippen LogP contribution in [0.25, 0.3) is 0 Å². The van der Waals surface area contributed by atoms with Crippen LogP contribution < -0.4 is 10.1 Å². The van der Waals surface area contributed by atoms with Crippen LogP contribution in [0.1, 0.15) is 52.4 Å². The number of anilines is 1. The second-order valence-corrected chi connectivity index (χ2v) is 8.45. The zero-order chi connectivity index (χ0) is 27.3. The van der Waals surface area contributed by atoms with E-state index in [0.717, 1.165) is 25.9 Å². The summed E-state index contributed by atoms with van der Waals surface area (Å²) in [6.07, 6.45) is 6.10. The highest BCUT2D eigenvalue weighted by atomic mass is 16.6. The number of unbranched alkanes of at least 4 members (excludes halogenated alkanes) is 1. The van der Waals surface area contributed by atoms with Crippen molar-refractivity contribution >= 4 is 23.7 Å². The molecule has 11 heteroatoms. The quantitative estimate of drug-likeness (QED) is 0.241. The lowest BCUT2D eigenvalue weighted by atomic mass is 10.2. The molecule has 0 aromatic heterocycles. The van der Waals surface area contributed by atoms with E-state index < -0.39 is 18.0 Å². The minimum atomic E-state index is -1.82. The van der Waals surface area contributed by atoms with Crippen LogP contribution in [0.5, 0.6) is 5.75 Å². The van der Waals surface area contributed by atoms with E-state index in [1.54, 1.807) is 0 Å². The number of aliphatic carboxylic acids is 2. The van der Waals surface area contributed by atoms with E-state index in [9.17, 15) is 4.79 Å². The highest BCUT2D eigenvalue weighted by Gasteiger charge is 2.21. The van der Waals surface area contributed by atoms with Crippen molar-refractivity contribution in [2.45, 2.75) is 58.5 Å². The molecule has 0 spiro atoms. The number of carbonyl (C=O) groups excluding carboxylic acids is 1. The van der Waals surface area contributed by atoms with Gasteiger partial charge in [0.1, 0.15) is 11.9 Å². The van der Waals surface area contributed by atoms with Gasteiger partial charge < -0.3 is 29.2 Å². The van der Waals surface area contributed by atoms with Crippen molar-refractivity contribution in [1.82, 2.24) is 4.90 Å². The number of likely N-dealkylation sites (tertiary alicyclic amines) is 1. The maximum absolute atomic E-state index is 12.7. The predicted molar refractivity (Wildman–Crippen MR) is 138 cm³/mol. The average molecular weight is 527 g/mol. The third kappa shape index (κ3) is 15.7. The molecule has 2 rings (SSSR count). The van der Waals surface area contributed by atoms with Gasteiger partial charge in [-0.1, -0.05) is 38.3 Å². The van der Waals surface area contributed by atoms with E-state index >= 15 is 0 Å². The van der Waals surface area contributed by atoms with E-state index in [4.69, 9.17) is 38.7 Å². The molecule has 1 aliphatic rings. The number of carboxylic acid groups (broad SMARTS) is 2. The molecule has 0 bridgehead atoms. The van der Waals surface area contributed by atoms with Crippen molar-refractivity contribution in [3.63, 3.8) is 0 Å². The fraction of sp³-hybridized carbons (Fsp3) is 0.654. The molecular formula is C26H42N2O9. The second kappa shape index (κ2) is 20.2. The Morgan fingerprint density at radius 2 is 1.59 bits per heavy atom. The minimum absolute atomic E-state index is 0.340. The van der Waals surface area contributed by atoms with Gasteiger partial charge in [0.25, 0.3) is 0 Å². The lowest BCUT2D eigenvalue weighted by Gasteiger charge is -2.26. The molecular weight excluding hydrogens is 484 g/mol. The first kappa shape index (κ1) is 32.1. The number of hydrogen-bond donors (Lipinski definition) is 3. The Morgan fingerprint density at radius 3 is 2.22 bits per heavy atom. The standard InChI is InChI=1S/C24H40N2O5.C2H2O4/c1-3-5-16-30-23-13-9-8-12-22(23)25-24(27)31-21(20-29-18-17-28-4-2)19-26-14-10-6-7-11-15-26;3-1(4)2(5)6/h8-9,12-13,21H,3-7,10-11,14-20H2,1-2H3,(H,25,27);(H,3,4)(H,5,6). The van der Waals surface area contributed by atoms with Gasteiger partial charge in [0, 0.05) is 13.2 Å². The summed E-state index contributed by atoms with van der Waals surface area (Å²) in [4.78, 5) is 33.2. The molecule has 37 heavy (non-hydrogen) atoms. The number of ether oxygens (including phenoxy) is 4. The molecule has 1 unspecified atom stereocenters. The van der Waals surface area contributed by atoms with Crippen LogP contribution in [-0.2, 0) is 23.8 Å². The predicted octanol–water partition coefficient (Wildman–Crippen LogP) is 3.87. The molecule has 210 valence electrons. The number of nitrogens with one attached hydrogen (secondary N) is 1. The lowest BCUT2D eigenvalue weighted by molar-refractivity contribution is -0.159. The second-order valence-electron chi connectivity index (χ2n) is 8.45. The van der Waals surface area contributed by atoms with Gasteiger partial charge in [0.2, 0.25) is 0 Å². The summed E-state index contributed by atoms with van der Waals surface area (Å²) < 4.78 is 22.6. The molecule has 1 atom stereocenters. The van der Waals surface area contributed by atoms with Gasteiger partial charge in [0.05, 0.1) is 32.1 Å². The summed E-state index contributed by atoms with van der Waals surface area (Å²) in [5, 5.41) is 17.6. The fourth-order valence-corrected chi connectivity index (χ4v) is 3.52. The van der Waals surface area contributed by atoms with Gasteiger partial charge in [-0.2, -0.15) is 0 Å². The number of benzene rings is 1. The molecule has 1 aromatic rings. The molecule has 11 nitrogen and oxygen atoms in total. The number of hydrogen-bond acceptors (Lipinski definition) is 8. The third-order valence-corrected chi connectivity index (χ3v) is 5.38. The normalized spacial score (nSPS) is 14.4. The molecule has 0 saturated carbocycles. The van der Waals surface area contributed by atoms with Crippen molar-refractivity contribution in [2.24, 2.45) is 0 Å². The first-order chi connectivity index (χ1) is 17.9. The molecule has 0 aliphatic carbocycles. The molecule has 3 N–H and O–H groups in total. The van der Waals surface area contributed by atoms with E-state index in [-0.39, 0.29) is 6.10 Å². The molecule has 1 aromatic carbocycles. The van der Waals surface area contributed by atoms with Crippen LogP contribution in [-0.4, -0.2) is 91.9 Å². The number of nitrogens with zero attached hydrogens (tertiary/aromatic N) is 1. The van der Waals surface area contributed by atoms with Crippen LogP contribution in [0.2, 0.25) is 0 Å². The Kier molecular flexibility index (Phi) is 17.5. The Balaban J connectivity index is 0.00000102. The van der Waals surface area contributed by atoms with Gasteiger partial charge in [-0.05, 0) is 51.4 Å². The molecule has 0 radical (unpaired) electrons. The maximum atomic E-state index is 12.7. The Labute approximate surface area is 219 Å². The van der Waals surface area contributed by atoms with Gasteiger partial charge in [0.15, 0.2) is 0 Å². The molecule has 1 amide bonds. The van der Waals surface area contributed by atoms with E-state index in [1.165, 1.54) is 25.7 Å². The first-order valence-corrected chi connectivity index (χ1v) is 12.9. The van der Waals surface area contributed by atoms with Crippen molar-refractivity contribution < 1.29 is 43.5 Å². The number of amides is 1. The van der Waals surface area contributed by atoms with Crippen molar-refractivity contribution in [2.75, 3.05) is 58.0 Å². The summed E-state index contributed by atoms with van der Waals surface area (Å²) in [7, 11) is 0. The first-order valence-electron chi connectivity index (χ1n) is 12.9. The highest BCUT2D eigenvalue weighted by molar-refractivity contribution is 6.27. The molecule has 1 aliphatic heterocycles. The van der Waals surface area contributed by atoms with E-state index in [1.807, 2.05) is 31.2 Å². The number of carboxylic acids is 2. The van der Waals surface area contributed by atoms with Crippen LogP contribution in [0.4, 0.5) is 10.5 Å². The zero-order valence-electron chi connectivity index (χ0n) is 22.0. The van der Waals surface area contributed by atoms with Crippen LogP contribution in [0.15, 0.2) is 24.3 Å². The Morgan fingerprint density at radius 1 is 0.946 bits per heavy atom. The van der Waals surface area contributed by atoms with Crippen molar-refractivity contribution in [3.05, 3.63) is 24.3 Å². The summed E-state index contributed by atoms with van der Waals surface area (Å²) in [5.74, 6) is -2.99. The Bertz CT molecular complexity index is 771. The largest absolute Gasteiger partial charge is 0.491 e. The summed E-state index contributed by atoms with van der Waals surface area (Å²) in [5.41, 5.74) is 0.620. The Hall–Kier alpha value is -2.89. The van der Waals surface area contributed by atoms with Gasteiger partial charge in [-0.3, -0.25) is 10.2 Å².